The average Bonchev–Trinajstić information content (AvgIpc) is 3.19. The van der Waals surface area contributed by atoms with Crippen LogP contribution in [0.25, 0.3) is 12.2 Å². The number of rotatable bonds is 3. The molecule has 0 N–H and O–H groups in total. The van der Waals surface area contributed by atoms with E-state index in [2.05, 4.69) is 99.0 Å². The van der Waals surface area contributed by atoms with Crippen molar-refractivity contribution in [2.24, 2.45) is 0 Å². The fraction of sp³-hybridized carbons (Fsp3) is 0.273. The molecule has 122 valence electrons. The minimum atomic E-state index is -1.48. The van der Waals surface area contributed by atoms with Crippen LogP contribution in [-0.4, -0.2) is 15.2 Å². The molecule has 2 atom stereocenters. The van der Waals surface area contributed by atoms with Crippen LogP contribution in [0.5, 0.6) is 0 Å². The van der Waals surface area contributed by atoms with Gasteiger partial charge in [0.1, 0.15) is 0 Å². The summed E-state index contributed by atoms with van der Waals surface area (Å²) >= 11 is 0. The van der Waals surface area contributed by atoms with E-state index in [4.69, 9.17) is 0 Å². The molecule has 2 aromatic rings. The Labute approximate surface area is 147 Å². The Morgan fingerprint density at radius 2 is 0.958 bits per heavy atom. The van der Waals surface area contributed by atoms with E-state index in [1.807, 2.05) is 0 Å². The first-order valence-electron chi connectivity index (χ1n) is 8.97. The maximum Gasteiger partial charge on any atom is 0.0548 e. The Hall–Kier alpha value is -1.65. The van der Waals surface area contributed by atoms with Gasteiger partial charge in [0.15, 0.2) is 0 Å². The van der Waals surface area contributed by atoms with Crippen LogP contribution in [0.1, 0.15) is 33.3 Å². The third-order valence-electron chi connectivity index (χ3n) is 6.81. The van der Waals surface area contributed by atoms with Gasteiger partial charge in [0.25, 0.3) is 0 Å². The van der Waals surface area contributed by atoms with Gasteiger partial charge in [0.2, 0.25) is 0 Å². The number of benzene rings is 2. The summed E-state index contributed by atoms with van der Waals surface area (Å²) in [6.07, 6.45) is 9.74. The second-order valence-corrected chi connectivity index (χ2v) is 24.2. The van der Waals surface area contributed by atoms with E-state index in [1.54, 1.807) is 11.1 Å². The van der Waals surface area contributed by atoms with Crippen molar-refractivity contribution in [1.29, 1.82) is 0 Å². The van der Waals surface area contributed by atoms with Crippen LogP contribution >= 0.6 is 0 Å². The van der Waals surface area contributed by atoms with Crippen LogP contribution in [-0.2, 0) is 0 Å². The van der Waals surface area contributed by atoms with E-state index < -0.39 is 15.2 Å². The van der Waals surface area contributed by atoms with Gasteiger partial charge >= 0.3 is 0 Å². The fourth-order valence-corrected chi connectivity index (χ4v) is 15.7. The summed E-state index contributed by atoms with van der Waals surface area (Å²) in [6, 6.07) is 18.0. The lowest BCUT2D eigenvalue weighted by atomic mass is 10.1. The fourth-order valence-electron chi connectivity index (χ4n) is 4.56. The molecule has 0 nitrogen and oxygen atoms in total. The topological polar surface area (TPSA) is 0 Å². The molecule has 0 saturated heterocycles. The summed E-state index contributed by atoms with van der Waals surface area (Å²) in [5.41, 5.74) is 7.36. The van der Waals surface area contributed by atoms with Gasteiger partial charge in [-0.25, -0.2) is 0 Å². The molecule has 0 unspecified atom stereocenters. The van der Waals surface area contributed by atoms with E-state index in [1.165, 1.54) is 11.1 Å². The quantitative estimate of drug-likeness (QED) is 0.582. The summed E-state index contributed by atoms with van der Waals surface area (Å²) in [4.78, 5) is 0. The molecule has 2 aromatic carbocycles. The average molecular weight is 347 g/mol. The summed E-state index contributed by atoms with van der Waals surface area (Å²) in [6.45, 7) is 10.6. The zero-order chi connectivity index (χ0) is 16.9. The lowest BCUT2D eigenvalue weighted by Gasteiger charge is -2.46. The van der Waals surface area contributed by atoms with Crippen LogP contribution < -0.4 is 0 Å². The Bertz CT molecular complexity index is 771. The first-order valence-corrected chi connectivity index (χ1v) is 16.1. The highest BCUT2D eigenvalue weighted by atomic mass is 29.3. The third kappa shape index (κ3) is 2.16. The highest BCUT2D eigenvalue weighted by Gasteiger charge is 2.51. The van der Waals surface area contributed by atoms with Gasteiger partial charge in [-0.05, 0) is 33.3 Å². The highest BCUT2D eigenvalue weighted by molar-refractivity contribution is 7.41. The summed E-state index contributed by atoms with van der Waals surface area (Å²) in [7, 11) is -2.96. The standard InChI is InChI=1S/C22H26Si2/c1-23(2,21-15-13-17-9-5-7-11-19(17)21)24(3,4)22-16-14-18-10-6-8-12-20(18)22/h5-16,21-22H,1-4H3/t21-,22+. The van der Waals surface area contributed by atoms with Crippen molar-refractivity contribution in [2.45, 2.75) is 37.3 Å². The summed E-state index contributed by atoms with van der Waals surface area (Å²) in [5.74, 6) is 0. The van der Waals surface area contributed by atoms with Gasteiger partial charge in [0.05, 0.1) is 15.2 Å². The van der Waals surface area contributed by atoms with Gasteiger partial charge in [-0.3, -0.25) is 0 Å². The van der Waals surface area contributed by atoms with Crippen LogP contribution in [0.15, 0.2) is 60.7 Å². The smallest absolute Gasteiger partial charge is 0.0548 e. The largest absolute Gasteiger partial charge is 0.0794 e. The molecule has 24 heavy (non-hydrogen) atoms. The second kappa shape index (κ2) is 5.43. The molecule has 0 fully saturated rings. The predicted octanol–water partition coefficient (Wildman–Crippen LogP) is 6.18. The minimum absolute atomic E-state index is 0.663. The molecule has 2 aliphatic rings. The van der Waals surface area contributed by atoms with Crippen molar-refractivity contribution in [3.05, 3.63) is 82.9 Å². The Morgan fingerprint density at radius 1 is 0.583 bits per heavy atom. The molecular formula is C22H26Si2. The molecule has 0 amide bonds. The van der Waals surface area contributed by atoms with Gasteiger partial charge in [-0.15, -0.1) is 0 Å². The van der Waals surface area contributed by atoms with E-state index >= 15 is 0 Å². The first-order chi connectivity index (χ1) is 11.4. The van der Waals surface area contributed by atoms with Crippen LogP contribution in [0, 0.1) is 0 Å². The molecule has 0 heterocycles. The second-order valence-electron chi connectivity index (χ2n) is 8.37. The Balaban J connectivity index is 1.75. The van der Waals surface area contributed by atoms with E-state index in [-0.39, 0.29) is 0 Å². The van der Waals surface area contributed by atoms with E-state index in [9.17, 15) is 0 Å². The molecule has 2 aliphatic carbocycles. The lowest BCUT2D eigenvalue weighted by molar-refractivity contribution is 1.13. The van der Waals surface area contributed by atoms with Crippen molar-refractivity contribution in [1.82, 2.24) is 0 Å². The monoisotopic (exact) mass is 346 g/mol. The zero-order valence-electron chi connectivity index (χ0n) is 15.1. The molecular weight excluding hydrogens is 320 g/mol. The van der Waals surface area contributed by atoms with Crippen molar-refractivity contribution in [3.8, 4) is 0 Å². The van der Waals surface area contributed by atoms with Gasteiger partial charge in [-0.2, -0.15) is 0 Å². The summed E-state index contributed by atoms with van der Waals surface area (Å²) < 4.78 is 0. The maximum atomic E-state index is 2.64. The lowest BCUT2D eigenvalue weighted by Crippen LogP contribution is -2.61. The summed E-state index contributed by atoms with van der Waals surface area (Å²) in [5, 5.41) is 0. The van der Waals surface area contributed by atoms with Crippen LogP contribution in [0.4, 0.5) is 0 Å². The third-order valence-corrected chi connectivity index (χ3v) is 26.1. The molecule has 0 spiro atoms. The molecule has 0 radical (unpaired) electrons. The van der Waals surface area contributed by atoms with E-state index in [0.717, 1.165) is 0 Å². The highest BCUT2D eigenvalue weighted by Crippen LogP contribution is 2.47. The Morgan fingerprint density at radius 3 is 1.38 bits per heavy atom. The molecule has 0 saturated carbocycles. The van der Waals surface area contributed by atoms with Crippen LogP contribution in [0.2, 0.25) is 26.2 Å². The number of allylic oxidation sites excluding steroid dienone is 2. The molecule has 0 aromatic heterocycles. The Kier molecular flexibility index (Phi) is 3.59. The van der Waals surface area contributed by atoms with Gasteiger partial charge in [0, 0.05) is 0 Å². The zero-order valence-corrected chi connectivity index (χ0v) is 17.1. The minimum Gasteiger partial charge on any atom is -0.0794 e. The normalized spacial score (nSPS) is 21.8. The predicted molar refractivity (Wildman–Crippen MR) is 111 cm³/mol. The van der Waals surface area contributed by atoms with E-state index in [0.29, 0.717) is 11.1 Å². The maximum absolute atomic E-state index is 2.64. The van der Waals surface area contributed by atoms with Gasteiger partial charge < -0.3 is 0 Å². The first kappa shape index (κ1) is 15.9. The number of fused-ring (bicyclic) bond motifs is 2. The van der Waals surface area contributed by atoms with Crippen molar-refractivity contribution < 1.29 is 0 Å². The number of hydrogen-bond donors (Lipinski definition) is 0. The van der Waals surface area contributed by atoms with Crippen molar-refractivity contribution in [3.63, 3.8) is 0 Å². The molecule has 2 heteroatoms. The molecule has 0 bridgehead atoms. The molecule has 0 aliphatic heterocycles. The van der Waals surface area contributed by atoms with Crippen molar-refractivity contribution in [2.75, 3.05) is 0 Å². The molecule has 4 rings (SSSR count). The SMILES string of the molecule is C[Si](C)([C@@H]1C=Cc2ccccc21)[Si](C)(C)[C@H]1C=Cc2ccccc21. The number of hydrogen-bond acceptors (Lipinski definition) is 0. The van der Waals surface area contributed by atoms with Crippen LogP contribution in [0.3, 0.4) is 0 Å². The van der Waals surface area contributed by atoms with Crippen molar-refractivity contribution >= 4 is 27.3 Å². The van der Waals surface area contributed by atoms with Gasteiger partial charge in [-0.1, -0.05) is 99.0 Å².